The molecule has 2 heteroatoms. The molecule has 0 aromatic heterocycles. The third-order valence-corrected chi connectivity index (χ3v) is 3.97. The maximum atomic E-state index is 3.43. The molecule has 1 unspecified atom stereocenters. The highest BCUT2D eigenvalue weighted by atomic mass is 15.2. The lowest BCUT2D eigenvalue weighted by atomic mass is 10.1. The Hall–Kier alpha value is -0.860. The van der Waals surface area contributed by atoms with Crippen LogP contribution in [0, 0.1) is 0 Å². The van der Waals surface area contributed by atoms with Gasteiger partial charge in [-0.15, -0.1) is 0 Å². The van der Waals surface area contributed by atoms with Gasteiger partial charge in [0.15, 0.2) is 0 Å². The second-order valence-corrected chi connectivity index (χ2v) is 5.44. The molecule has 0 bridgehead atoms. The second-order valence-electron chi connectivity index (χ2n) is 5.44. The summed E-state index contributed by atoms with van der Waals surface area (Å²) in [7, 11) is 2.25. The lowest BCUT2D eigenvalue weighted by molar-refractivity contribution is 0.260. The summed E-state index contributed by atoms with van der Waals surface area (Å²) in [5.41, 5.74) is 2.93. The van der Waals surface area contributed by atoms with Crippen molar-refractivity contribution in [2.24, 2.45) is 0 Å². The van der Waals surface area contributed by atoms with Gasteiger partial charge in [0.1, 0.15) is 0 Å². The monoisotopic (exact) mass is 246 g/mol. The summed E-state index contributed by atoms with van der Waals surface area (Å²) in [5.74, 6) is 0. The highest BCUT2D eigenvalue weighted by molar-refractivity contribution is 5.22. The average Bonchev–Trinajstić information content (AvgIpc) is 2.92. The molecule has 2 nitrogen and oxygen atoms in total. The van der Waals surface area contributed by atoms with Crippen molar-refractivity contribution in [3.8, 4) is 0 Å². The molecule has 2 rings (SSSR count). The van der Waals surface area contributed by atoms with Gasteiger partial charge in [0.05, 0.1) is 0 Å². The quantitative estimate of drug-likeness (QED) is 0.829. The lowest BCUT2D eigenvalue weighted by Crippen LogP contribution is -2.34. The van der Waals surface area contributed by atoms with Crippen LogP contribution in [0.25, 0.3) is 0 Å². The van der Waals surface area contributed by atoms with Crippen molar-refractivity contribution in [1.29, 1.82) is 0 Å². The van der Waals surface area contributed by atoms with Crippen LogP contribution in [0.3, 0.4) is 0 Å². The third kappa shape index (κ3) is 3.82. The number of nitrogens with one attached hydrogen (secondary N) is 1. The van der Waals surface area contributed by atoms with E-state index in [4.69, 9.17) is 0 Å². The molecule has 1 heterocycles. The largest absolute Gasteiger partial charge is 0.315 e. The van der Waals surface area contributed by atoms with E-state index in [1.54, 1.807) is 0 Å². The molecular formula is C16H26N2. The number of likely N-dealkylation sites (N-methyl/N-ethyl adjacent to an activating group) is 1. The highest BCUT2D eigenvalue weighted by Gasteiger charge is 2.18. The molecule has 0 aliphatic carbocycles. The SMILES string of the molecule is CCCc1ccc(CCN(C)C2CCNC2)cc1. The van der Waals surface area contributed by atoms with E-state index in [0.717, 1.165) is 12.6 Å². The third-order valence-electron chi connectivity index (χ3n) is 3.97. The molecule has 18 heavy (non-hydrogen) atoms. The van der Waals surface area contributed by atoms with Crippen molar-refractivity contribution >= 4 is 0 Å². The van der Waals surface area contributed by atoms with Crippen molar-refractivity contribution in [1.82, 2.24) is 10.2 Å². The summed E-state index contributed by atoms with van der Waals surface area (Å²) in [5, 5.41) is 3.43. The molecule has 100 valence electrons. The van der Waals surface area contributed by atoms with Gasteiger partial charge in [0.25, 0.3) is 0 Å². The summed E-state index contributed by atoms with van der Waals surface area (Å²) >= 11 is 0. The van der Waals surface area contributed by atoms with Crippen LogP contribution < -0.4 is 5.32 Å². The van der Waals surface area contributed by atoms with Crippen molar-refractivity contribution in [2.75, 3.05) is 26.7 Å². The summed E-state index contributed by atoms with van der Waals surface area (Å²) < 4.78 is 0. The summed E-state index contributed by atoms with van der Waals surface area (Å²) in [6, 6.07) is 9.91. The Bertz CT molecular complexity index is 339. The van der Waals surface area contributed by atoms with Crippen LogP contribution in [-0.2, 0) is 12.8 Å². The highest BCUT2D eigenvalue weighted by Crippen LogP contribution is 2.10. The minimum Gasteiger partial charge on any atom is -0.315 e. The minimum absolute atomic E-state index is 0.740. The fraction of sp³-hybridized carbons (Fsp3) is 0.625. The number of benzene rings is 1. The number of aryl methyl sites for hydroxylation is 1. The first-order chi connectivity index (χ1) is 8.79. The van der Waals surface area contributed by atoms with E-state index in [0.29, 0.717) is 0 Å². The molecule has 1 aromatic carbocycles. The Kier molecular flexibility index (Phi) is 5.21. The summed E-state index contributed by atoms with van der Waals surface area (Å²) in [6.45, 7) is 5.74. The standard InChI is InChI=1S/C16H26N2/c1-3-4-14-5-7-15(8-6-14)10-12-18(2)16-9-11-17-13-16/h5-8,16-17H,3-4,9-13H2,1-2H3. The molecule has 1 saturated heterocycles. The zero-order valence-electron chi connectivity index (χ0n) is 11.8. The first-order valence-electron chi connectivity index (χ1n) is 7.28. The average molecular weight is 246 g/mol. The summed E-state index contributed by atoms with van der Waals surface area (Å²) in [6.07, 6.45) is 4.90. The summed E-state index contributed by atoms with van der Waals surface area (Å²) in [4.78, 5) is 2.50. The van der Waals surface area contributed by atoms with Crippen molar-refractivity contribution < 1.29 is 0 Å². The van der Waals surface area contributed by atoms with Gasteiger partial charge in [-0.05, 0) is 44.0 Å². The van der Waals surface area contributed by atoms with Gasteiger partial charge < -0.3 is 10.2 Å². The van der Waals surface area contributed by atoms with Crippen LogP contribution in [0.15, 0.2) is 24.3 Å². The number of hydrogen-bond donors (Lipinski definition) is 1. The van der Waals surface area contributed by atoms with E-state index in [1.807, 2.05) is 0 Å². The topological polar surface area (TPSA) is 15.3 Å². The maximum Gasteiger partial charge on any atom is 0.0229 e. The van der Waals surface area contributed by atoms with Gasteiger partial charge in [-0.1, -0.05) is 37.6 Å². The van der Waals surface area contributed by atoms with E-state index in [9.17, 15) is 0 Å². The molecule has 1 aliphatic rings. The maximum absolute atomic E-state index is 3.43. The van der Waals surface area contributed by atoms with Crippen LogP contribution in [0.5, 0.6) is 0 Å². The van der Waals surface area contributed by atoms with E-state index in [2.05, 4.69) is 48.5 Å². The molecular weight excluding hydrogens is 220 g/mol. The Morgan fingerprint density at radius 3 is 2.39 bits per heavy atom. The number of rotatable bonds is 6. The van der Waals surface area contributed by atoms with Crippen LogP contribution in [-0.4, -0.2) is 37.6 Å². The fourth-order valence-corrected chi connectivity index (χ4v) is 2.66. The molecule has 1 aromatic rings. The van der Waals surface area contributed by atoms with Gasteiger partial charge in [0.2, 0.25) is 0 Å². The molecule has 0 radical (unpaired) electrons. The van der Waals surface area contributed by atoms with Gasteiger partial charge in [-0.25, -0.2) is 0 Å². The second kappa shape index (κ2) is 6.91. The zero-order valence-corrected chi connectivity index (χ0v) is 11.8. The predicted molar refractivity (Wildman–Crippen MR) is 78.0 cm³/mol. The minimum atomic E-state index is 0.740. The lowest BCUT2D eigenvalue weighted by Gasteiger charge is -2.23. The zero-order chi connectivity index (χ0) is 12.8. The fourth-order valence-electron chi connectivity index (χ4n) is 2.66. The molecule has 0 saturated carbocycles. The van der Waals surface area contributed by atoms with Crippen LogP contribution in [0.2, 0.25) is 0 Å². The van der Waals surface area contributed by atoms with Gasteiger partial charge in [-0.2, -0.15) is 0 Å². The smallest absolute Gasteiger partial charge is 0.0229 e. The van der Waals surface area contributed by atoms with Crippen LogP contribution >= 0.6 is 0 Å². The number of nitrogens with zero attached hydrogens (tertiary/aromatic N) is 1. The van der Waals surface area contributed by atoms with E-state index >= 15 is 0 Å². The number of hydrogen-bond acceptors (Lipinski definition) is 2. The Morgan fingerprint density at radius 1 is 1.17 bits per heavy atom. The first-order valence-corrected chi connectivity index (χ1v) is 7.28. The van der Waals surface area contributed by atoms with Crippen molar-refractivity contribution in [3.05, 3.63) is 35.4 Å². The first kappa shape index (κ1) is 13.6. The van der Waals surface area contributed by atoms with E-state index in [1.165, 1.54) is 49.9 Å². The molecule has 0 amide bonds. The van der Waals surface area contributed by atoms with Crippen LogP contribution in [0.4, 0.5) is 0 Å². The molecule has 1 N–H and O–H groups in total. The Labute approximate surface area is 111 Å². The molecule has 1 aliphatic heterocycles. The van der Waals surface area contributed by atoms with Gasteiger partial charge >= 0.3 is 0 Å². The van der Waals surface area contributed by atoms with Crippen molar-refractivity contribution in [3.63, 3.8) is 0 Å². The Balaban J connectivity index is 1.78. The molecule has 1 atom stereocenters. The molecule has 1 fully saturated rings. The molecule has 0 spiro atoms. The van der Waals surface area contributed by atoms with Crippen LogP contribution in [0.1, 0.15) is 30.9 Å². The van der Waals surface area contributed by atoms with E-state index < -0.39 is 0 Å². The predicted octanol–water partition coefficient (Wildman–Crippen LogP) is 2.48. The van der Waals surface area contributed by atoms with Gasteiger partial charge in [-0.3, -0.25) is 0 Å². The van der Waals surface area contributed by atoms with E-state index in [-0.39, 0.29) is 0 Å². The Morgan fingerprint density at radius 2 is 1.83 bits per heavy atom. The van der Waals surface area contributed by atoms with Gasteiger partial charge in [0, 0.05) is 19.1 Å². The normalized spacial score (nSPS) is 19.6. The van der Waals surface area contributed by atoms with Crippen molar-refractivity contribution in [2.45, 2.75) is 38.6 Å².